The topological polar surface area (TPSA) is 29.5 Å². The van der Waals surface area contributed by atoms with E-state index in [1.165, 1.54) is 0 Å². The minimum Gasteiger partial charge on any atom is -0.387 e. The average Bonchev–Trinajstić information content (AvgIpc) is 2.05. The summed E-state index contributed by atoms with van der Waals surface area (Å²) < 4.78 is 4.99. The Bertz CT molecular complexity index is 114. The fourth-order valence-electron chi connectivity index (χ4n) is 1.37. The highest BCUT2D eigenvalue weighted by Crippen LogP contribution is 2.22. The monoisotopic (exact) mass is 174 g/mol. The molecule has 0 aliphatic carbocycles. The molecule has 0 saturated heterocycles. The third-order valence-electron chi connectivity index (χ3n) is 2.50. The van der Waals surface area contributed by atoms with Gasteiger partial charge in [0.15, 0.2) is 0 Å². The number of methoxy groups -OCH3 is 1. The van der Waals surface area contributed by atoms with Crippen molar-refractivity contribution in [1.29, 1.82) is 0 Å². The SMILES string of the molecule is CCC(C)CC(O)(CC)COC. The van der Waals surface area contributed by atoms with Crippen LogP contribution < -0.4 is 0 Å². The zero-order valence-corrected chi connectivity index (χ0v) is 8.76. The fraction of sp³-hybridized carbons (Fsp3) is 1.00. The van der Waals surface area contributed by atoms with Gasteiger partial charge in [0.25, 0.3) is 0 Å². The normalized spacial score (nSPS) is 18.8. The predicted molar refractivity (Wildman–Crippen MR) is 51.2 cm³/mol. The molecule has 0 aliphatic rings. The van der Waals surface area contributed by atoms with Crippen molar-refractivity contribution >= 4 is 0 Å². The van der Waals surface area contributed by atoms with Gasteiger partial charge in [-0.1, -0.05) is 27.2 Å². The number of ether oxygens (including phenoxy) is 1. The molecule has 0 aliphatic heterocycles. The van der Waals surface area contributed by atoms with Crippen LogP contribution in [0.25, 0.3) is 0 Å². The van der Waals surface area contributed by atoms with E-state index in [1.807, 2.05) is 6.92 Å². The molecule has 0 aromatic heterocycles. The maximum atomic E-state index is 10.00. The molecule has 0 aromatic rings. The van der Waals surface area contributed by atoms with Crippen molar-refractivity contribution in [2.75, 3.05) is 13.7 Å². The van der Waals surface area contributed by atoms with E-state index >= 15 is 0 Å². The molecule has 74 valence electrons. The molecule has 2 unspecified atom stereocenters. The van der Waals surface area contributed by atoms with Crippen molar-refractivity contribution in [3.05, 3.63) is 0 Å². The van der Waals surface area contributed by atoms with E-state index in [4.69, 9.17) is 4.74 Å². The molecule has 0 aromatic carbocycles. The molecule has 2 heteroatoms. The van der Waals surface area contributed by atoms with Gasteiger partial charge in [-0.2, -0.15) is 0 Å². The average molecular weight is 174 g/mol. The molecule has 0 rings (SSSR count). The smallest absolute Gasteiger partial charge is 0.0879 e. The van der Waals surface area contributed by atoms with Gasteiger partial charge in [0.1, 0.15) is 0 Å². The highest BCUT2D eigenvalue weighted by atomic mass is 16.5. The fourth-order valence-corrected chi connectivity index (χ4v) is 1.37. The van der Waals surface area contributed by atoms with E-state index in [1.54, 1.807) is 7.11 Å². The van der Waals surface area contributed by atoms with Gasteiger partial charge in [-0.25, -0.2) is 0 Å². The van der Waals surface area contributed by atoms with Crippen LogP contribution in [0.1, 0.15) is 40.0 Å². The highest BCUT2D eigenvalue weighted by Gasteiger charge is 2.26. The standard InChI is InChI=1S/C10H22O2/c1-5-9(3)7-10(11,6-2)8-12-4/h9,11H,5-8H2,1-4H3. The quantitative estimate of drug-likeness (QED) is 0.669. The Morgan fingerprint density at radius 3 is 2.33 bits per heavy atom. The van der Waals surface area contributed by atoms with Crippen molar-refractivity contribution in [1.82, 2.24) is 0 Å². The van der Waals surface area contributed by atoms with Gasteiger partial charge in [0.05, 0.1) is 12.2 Å². The van der Waals surface area contributed by atoms with Crippen LogP contribution in [0.5, 0.6) is 0 Å². The maximum Gasteiger partial charge on any atom is 0.0879 e. The summed E-state index contributed by atoms with van der Waals surface area (Å²) in [5, 5.41) is 10.00. The summed E-state index contributed by atoms with van der Waals surface area (Å²) in [5.74, 6) is 0.574. The van der Waals surface area contributed by atoms with E-state index in [0.717, 1.165) is 19.3 Å². The first-order valence-corrected chi connectivity index (χ1v) is 4.79. The molecule has 1 N–H and O–H groups in total. The van der Waals surface area contributed by atoms with Crippen molar-refractivity contribution < 1.29 is 9.84 Å². The summed E-state index contributed by atoms with van der Waals surface area (Å²) in [4.78, 5) is 0. The van der Waals surface area contributed by atoms with Crippen LogP contribution in [0.15, 0.2) is 0 Å². The van der Waals surface area contributed by atoms with Crippen molar-refractivity contribution in [3.63, 3.8) is 0 Å². The zero-order chi connectivity index (χ0) is 9.61. The second-order valence-electron chi connectivity index (χ2n) is 3.73. The number of rotatable bonds is 6. The van der Waals surface area contributed by atoms with Gasteiger partial charge < -0.3 is 9.84 Å². The van der Waals surface area contributed by atoms with E-state index in [0.29, 0.717) is 12.5 Å². The lowest BCUT2D eigenvalue weighted by Gasteiger charge is -2.28. The zero-order valence-electron chi connectivity index (χ0n) is 8.76. The van der Waals surface area contributed by atoms with Gasteiger partial charge in [-0.05, 0) is 18.8 Å². The number of hydrogen-bond acceptors (Lipinski definition) is 2. The molecule has 0 saturated carbocycles. The Kier molecular flexibility index (Phi) is 5.51. The Hall–Kier alpha value is -0.0800. The molecular weight excluding hydrogens is 152 g/mol. The van der Waals surface area contributed by atoms with Crippen LogP contribution in [-0.2, 0) is 4.74 Å². The first-order chi connectivity index (χ1) is 5.58. The Morgan fingerprint density at radius 1 is 1.42 bits per heavy atom. The van der Waals surface area contributed by atoms with Crippen LogP contribution in [0.3, 0.4) is 0 Å². The van der Waals surface area contributed by atoms with Gasteiger partial charge in [-0.3, -0.25) is 0 Å². The van der Waals surface area contributed by atoms with Gasteiger partial charge >= 0.3 is 0 Å². The first kappa shape index (κ1) is 11.9. The largest absolute Gasteiger partial charge is 0.387 e. The minimum absolute atomic E-state index is 0.452. The van der Waals surface area contributed by atoms with Crippen LogP contribution >= 0.6 is 0 Å². The molecule has 0 spiro atoms. The van der Waals surface area contributed by atoms with E-state index in [2.05, 4.69) is 13.8 Å². The van der Waals surface area contributed by atoms with Crippen LogP contribution in [0.2, 0.25) is 0 Å². The van der Waals surface area contributed by atoms with Crippen LogP contribution in [-0.4, -0.2) is 24.4 Å². The molecule has 2 atom stereocenters. The Morgan fingerprint density at radius 2 is 2.00 bits per heavy atom. The van der Waals surface area contributed by atoms with Gasteiger partial charge in [-0.15, -0.1) is 0 Å². The Balaban J connectivity index is 3.94. The third kappa shape index (κ3) is 4.07. The van der Waals surface area contributed by atoms with Crippen LogP contribution in [0, 0.1) is 5.92 Å². The lowest BCUT2D eigenvalue weighted by molar-refractivity contribution is -0.0491. The molecule has 0 amide bonds. The maximum absolute atomic E-state index is 10.00. The second kappa shape index (κ2) is 5.55. The lowest BCUT2D eigenvalue weighted by atomic mass is 9.88. The molecule has 0 fully saturated rings. The summed E-state index contributed by atoms with van der Waals surface area (Å²) in [6.07, 6.45) is 2.73. The second-order valence-corrected chi connectivity index (χ2v) is 3.73. The molecule has 2 nitrogen and oxygen atoms in total. The Labute approximate surface area is 75.9 Å². The van der Waals surface area contributed by atoms with E-state index in [9.17, 15) is 5.11 Å². The summed E-state index contributed by atoms with van der Waals surface area (Å²) in [6, 6.07) is 0. The van der Waals surface area contributed by atoms with E-state index < -0.39 is 5.60 Å². The number of aliphatic hydroxyl groups is 1. The summed E-state index contributed by atoms with van der Waals surface area (Å²) in [6.45, 7) is 6.76. The molecular formula is C10H22O2. The van der Waals surface area contributed by atoms with Crippen LogP contribution in [0.4, 0.5) is 0 Å². The molecule has 0 radical (unpaired) electrons. The van der Waals surface area contributed by atoms with Crippen molar-refractivity contribution in [3.8, 4) is 0 Å². The van der Waals surface area contributed by atoms with Crippen molar-refractivity contribution in [2.24, 2.45) is 5.92 Å². The summed E-state index contributed by atoms with van der Waals surface area (Å²) in [7, 11) is 1.64. The first-order valence-electron chi connectivity index (χ1n) is 4.79. The minimum atomic E-state index is -0.607. The van der Waals surface area contributed by atoms with Crippen molar-refractivity contribution in [2.45, 2.75) is 45.6 Å². The molecule has 0 heterocycles. The predicted octanol–water partition coefficient (Wildman–Crippen LogP) is 2.21. The van der Waals surface area contributed by atoms with Gasteiger partial charge in [0.2, 0.25) is 0 Å². The summed E-state index contributed by atoms with van der Waals surface area (Å²) in [5.41, 5.74) is -0.607. The lowest BCUT2D eigenvalue weighted by Crippen LogP contribution is -2.35. The van der Waals surface area contributed by atoms with E-state index in [-0.39, 0.29) is 0 Å². The summed E-state index contributed by atoms with van der Waals surface area (Å²) >= 11 is 0. The highest BCUT2D eigenvalue weighted by molar-refractivity contribution is 4.78. The van der Waals surface area contributed by atoms with Gasteiger partial charge in [0, 0.05) is 7.11 Å². The molecule has 0 bridgehead atoms. The third-order valence-corrected chi connectivity index (χ3v) is 2.50. The molecule has 12 heavy (non-hydrogen) atoms. The number of hydrogen-bond donors (Lipinski definition) is 1.